The number of rotatable bonds is 10. The predicted octanol–water partition coefficient (Wildman–Crippen LogP) is 6.37. The van der Waals surface area contributed by atoms with Crippen molar-refractivity contribution in [3.63, 3.8) is 0 Å². The maximum Gasteiger partial charge on any atom is 0.271 e. The van der Waals surface area contributed by atoms with E-state index < -0.39 is 0 Å². The first-order valence-corrected chi connectivity index (χ1v) is 12.3. The highest BCUT2D eigenvalue weighted by Gasteiger charge is 2.14. The Bertz CT molecular complexity index is 1140. The average Bonchev–Trinajstić information content (AvgIpc) is 2.83. The van der Waals surface area contributed by atoms with Crippen molar-refractivity contribution in [2.24, 2.45) is 5.10 Å². The van der Waals surface area contributed by atoms with Crippen LogP contribution in [0.25, 0.3) is 0 Å². The molecule has 3 aromatic carbocycles. The van der Waals surface area contributed by atoms with Gasteiger partial charge in [-0.05, 0) is 75.8 Å². The maximum absolute atomic E-state index is 12.1. The van der Waals surface area contributed by atoms with E-state index in [4.69, 9.17) is 14.2 Å². The molecule has 1 N–H and O–H groups in total. The van der Waals surface area contributed by atoms with E-state index >= 15 is 0 Å². The highest BCUT2D eigenvalue weighted by Crippen LogP contribution is 2.36. The van der Waals surface area contributed by atoms with Crippen LogP contribution in [0.1, 0.15) is 49.2 Å². The lowest BCUT2D eigenvalue weighted by Gasteiger charge is -2.19. The van der Waals surface area contributed by atoms with Gasteiger partial charge in [0, 0.05) is 5.56 Å². The highest BCUT2D eigenvalue weighted by atomic mass is 79.9. The second kappa shape index (κ2) is 12.4. The second-order valence-corrected chi connectivity index (χ2v) is 9.65. The van der Waals surface area contributed by atoms with Crippen molar-refractivity contribution >= 4 is 28.1 Å². The minimum Gasteiger partial charge on any atom is -0.490 e. The van der Waals surface area contributed by atoms with Gasteiger partial charge < -0.3 is 14.2 Å². The maximum atomic E-state index is 12.1. The molecule has 35 heavy (non-hydrogen) atoms. The molecule has 184 valence electrons. The van der Waals surface area contributed by atoms with E-state index in [2.05, 4.69) is 59.4 Å². The zero-order valence-corrected chi connectivity index (χ0v) is 22.1. The number of nitrogens with zero attached hydrogens (tertiary/aromatic N) is 1. The summed E-state index contributed by atoms with van der Waals surface area (Å²) in [7, 11) is 0. The third-order valence-corrected chi connectivity index (χ3v) is 5.66. The lowest BCUT2D eigenvalue weighted by Crippen LogP contribution is -2.17. The van der Waals surface area contributed by atoms with Crippen LogP contribution in [0.15, 0.2) is 76.3 Å². The van der Waals surface area contributed by atoms with Crippen molar-refractivity contribution in [1.29, 1.82) is 0 Å². The lowest BCUT2D eigenvalue weighted by atomic mass is 9.87. The fraction of sp³-hybridized carbons (Fsp3) is 0.286. The van der Waals surface area contributed by atoms with E-state index in [9.17, 15) is 4.79 Å². The monoisotopic (exact) mass is 538 g/mol. The number of ether oxygens (including phenoxy) is 3. The van der Waals surface area contributed by atoms with Crippen LogP contribution >= 0.6 is 15.9 Å². The molecule has 3 aromatic rings. The molecule has 3 rings (SSSR count). The van der Waals surface area contributed by atoms with Crippen LogP contribution in [0.5, 0.6) is 17.2 Å². The standard InChI is InChI=1S/C28H31BrN2O4/c1-5-33-25-18-20(19-30-31-27(32)21-9-7-6-8-10-21)17-24(29)26(25)35-16-15-34-23-13-11-22(12-14-23)28(2,3)4/h6-14,17-19H,5,15-16H2,1-4H3,(H,31,32)/b30-19-. The molecule has 0 heterocycles. The van der Waals surface area contributed by atoms with Gasteiger partial charge in [0.2, 0.25) is 0 Å². The number of amides is 1. The Morgan fingerprint density at radius 1 is 0.971 bits per heavy atom. The first-order valence-electron chi connectivity index (χ1n) is 11.5. The first kappa shape index (κ1) is 26.3. The van der Waals surface area contributed by atoms with Gasteiger partial charge in [-0.3, -0.25) is 4.79 Å². The van der Waals surface area contributed by atoms with Crippen LogP contribution in [0.4, 0.5) is 0 Å². The Hall–Kier alpha value is -3.32. The summed E-state index contributed by atoms with van der Waals surface area (Å²) < 4.78 is 18.3. The molecular formula is C28H31BrN2O4. The zero-order chi connectivity index (χ0) is 25.3. The van der Waals surface area contributed by atoms with E-state index in [1.54, 1.807) is 30.5 Å². The first-order chi connectivity index (χ1) is 16.8. The van der Waals surface area contributed by atoms with E-state index in [1.165, 1.54) is 5.56 Å². The van der Waals surface area contributed by atoms with Crippen LogP contribution in [-0.2, 0) is 5.41 Å². The topological polar surface area (TPSA) is 69.2 Å². The van der Waals surface area contributed by atoms with Crippen molar-refractivity contribution in [1.82, 2.24) is 5.43 Å². The Morgan fingerprint density at radius 3 is 2.31 bits per heavy atom. The number of halogens is 1. The van der Waals surface area contributed by atoms with Gasteiger partial charge in [0.1, 0.15) is 19.0 Å². The van der Waals surface area contributed by atoms with E-state index in [1.807, 2.05) is 37.3 Å². The molecule has 0 bridgehead atoms. The summed E-state index contributed by atoms with van der Waals surface area (Å²) in [5.41, 5.74) is 5.18. The fourth-order valence-electron chi connectivity index (χ4n) is 3.24. The molecule has 0 saturated carbocycles. The van der Waals surface area contributed by atoms with E-state index in [0.717, 1.165) is 11.3 Å². The molecule has 7 heteroatoms. The molecule has 0 aromatic heterocycles. The molecule has 0 spiro atoms. The van der Waals surface area contributed by atoms with Crippen molar-refractivity contribution < 1.29 is 19.0 Å². The number of hydrazone groups is 1. The lowest BCUT2D eigenvalue weighted by molar-refractivity contribution is 0.0955. The molecule has 0 saturated heterocycles. The van der Waals surface area contributed by atoms with Gasteiger partial charge in [-0.15, -0.1) is 0 Å². The molecule has 0 atom stereocenters. The molecule has 0 radical (unpaired) electrons. The van der Waals surface area contributed by atoms with Crippen molar-refractivity contribution in [3.8, 4) is 17.2 Å². The van der Waals surface area contributed by atoms with Crippen molar-refractivity contribution in [3.05, 3.63) is 87.9 Å². The predicted molar refractivity (Wildman–Crippen MR) is 143 cm³/mol. The average molecular weight is 539 g/mol. The quantitative estimate of drug-likeness (QED) is 0.185. The van der Waals surface area contributed by atoms with Crippen LogP contribution in [0, 0.1) is 0 Å². The van der Waals surface area contributed by atoms with Gasteiger partial charge in [-0.2, -0.15) is 5.10 Å². The van der Waals surface area contributed by atoms with Crippen LogP contribution in [0.3, 0.4) is 0 Å². The Labute approximate surface area is 215 Å². The SMILES string of the molecule is CCOc1cc(/C=N\NC(=O)c2ccccc2)cc(Br)c1OCCOc1ccc(C(C)(C)C)cc1. The molecule has 0 fully saturated rings. The molecule has 0 unspecified atom stereocenters. The highest BCUT2D eigenvalue weighted by molar-refractivity contribution is 9.10. The van der Waals surface area contributed by atoms with Crippen LogP contribution < -0.4 is 19.6 Å². The smallest absolute Gasteiger partial charge is 0.271 e. The van der Waals surface area contributed by atoms with Gasteiger partial charge in [-0.1, -0.05) is 51.1 Å². The van der Waals surface area contributed by atoms with Crippen molar-refractivity contribution in [2.75, 3.05) is 19.8 Å². The summed E-state index contributed by atoms with van der Waals surface area (Å²) in [4.78, 5) is 12.1. The molecule has 0 aliphatic carbocycles. The Morgan fingerprint density at radius 2 is 1.66 bits per heavy atom. The third kappa shape index (κ3) is 7.86. The number of hydrogen-bond acceptors (Lipinski definition) is 5. The van der Waals surface area contributed by atoms with Crippen LogP contribution in [-0.4, -0.2) is 31.9 Å². The molecule has 0 aliphatic rings. The van der Waals surface area contributed by atoms with Gasteiger partial charge in [-0.25, -0.2) is 5.43 Å². The molecule has 1 amide bonds. The number of nitrogens with one attached hydrogen (secondary N) is 1. The summed E-state index contributed by atoms with van der Waals surface area (Å²) in [5.74, 6) is 1.69. The third-order valence-electron chi connectivity index (χ3n) is 5.07. The Kier molecular flexibility index (Phi) is 9.32. The number of carbonyl (C=O) groups excluding carboxylic acids is 1. The van der Waals surface area contributed by atoms with E-state index in [0.29, 0.717) is 41.4 Å². The summed E-state index contributed by atoms with van der Waals surface area (Å²) in [6.07, 6.45) is 1.56. The van der Waals surface area contributed by atoms with Crippen LogP contribution in [0.2, 0.25) is 0 Å². The van der Waals surface area contributed by atoms with E-state index in [-0.39, 0.29) is 11.3 Å². The second-order valence-electron chi connectivity index (χ2n) is 8.80. The van der Waals surface area contributed by atoms with Gasteiger partial charge in [0.05, 0.1) is 17.3 Å². The summed E-state index contributed by atoms with van der Waals surface area (Å²) in [5, 5.41) is 4.06. The summed E-state index contributed by atoms with van der Waals surface area (Å²) in [6.45, 7) is 9.67. The largest absolute Gasteiger partial charge is 0.490 e. The molecule has 6 nitrogen and oxygen atoms in total. The fourth-order valence-corrected chi connectivity index (χ4v) is 3.81. The molecule has 0 aliphatic heterocycles. The summed E-state index contributed by atoms with van der Waals surface area (Å²) >= 11 is 3.55. The number of carbonyl (C=O) groups is 1. The van der Waals surface area contributed by atoms with Gasteiger partial charge >= 0.3 is 0 Å². The normalized spacial score (nSPS) is 11.3. The van der Waals surface area contributed by atoms with Gasteiger partial charge in [0.15, 0.2) is 11.5 Å². The number of hydrogen-bond donors (Lipinski definition) is 1. The summed E-state index contributed by atoms with van der Waals surface area (Å²) in [6, 6.07) is 20.7. The minimum atomic E-state index is -0.279. The number of benzene rings is 3. The minimum absolute atomic E-state index is 0.105. The van der Waals surface area contributed by atoms with Crippen molar-refractivity contribution in [2.45, 2.75) is 33.1 Å². The zero-order valence-electron chi connectivity index (χ0n) is 20.5. The Balaban J connectivity index is 1.58. The molecular weight excluding hydrogens is 508 g/mol. The van der Waals surface area contributed by atoms with Gasteiger partial charge in [0.25, 0.3) is 5.91 Å².